The zero-order valence-corrected chi connectivity index (χ0v) is 33.1. The van der Waals surface area contributed by atoms with Crippen molar-refractivity contribution in [3.05, 3.63) is 247 Å². The van der Waals surface area contributed by atoms with Gasteiger partial charge in [0.05, 0.1) is 16.8 Å². The molecule has 286 valence electrons. The topological polar surface area (TPSA) is 64.5 Å². The highest BCUT2D eigenvalue weighted by atomic mass is 15.0. The summed E-state index contributed by atoms with van der Waals surface area (Å²) in [4.78, 5) is 24.8. The normalized spacial score (nSPS) is 12.4. The highest BCUT2D eigenvalue weighted by Crippen LogP contribution is 2.57. The molecule has 0 amide bonds. The number of hydrogen-bond donors (Lipinski definition) is 0. The first-order chi connectivity index (χ1) is 30.2. The van der Waals surface area contributed by atoms with Crippen LogP contribution in [0.25, 0.3) is 78.9 Å². The van der Waals surface area contributed by atoms with Gasteiger partial charge in [0.2, 0.25) is 0 Å². The Morgan fingerprint density at radius 1 is 0.279 bits per heavy atom. The molecule has 0 N–H and O–H groups in total. The van der Waals surface area contributed by atoms with Gasteiger partial charge in [0.15, 0.2) is 17.5 Å². The van der Waals surface area contributed by atoms with Crippen molar-refractivity contribution in [1.82, 2.24) is 24.9 Å². The minimum atomic E-state index is -0.667. The van der Waals surface area contributed by atoms with Gasteiger partial charge in [-0.05, 0) is 99.1 Å². The fraction of sp³-hybridized carbons (Fsp3) is 0.0179. The summed E-state index contributed by atoms with van der Waals surface area (Å²) in [5, 5.41) is 0. The Labute approximate surface area is 354 Å². The quantitative estimate of drug-likeness (QED) is 0.154. The molecule has 0 saturated heterocycles. The van der Waals surface area contributed by atoms with Crippen molar-refractivity contribution in [1.29, 1.82) is 0 Å². The summed E-state index contributed by atoms with van der Waals surface area (Å²) in [6.45, 7) is 0. The second-order valence-electron chi connectivity index (χ2n) is 15.3. The van der Waals surface area contributed by atoms with E-state index in [0.29, 0.717) is 17.5 Å². The molecule has 1 aliphatic carbocycles. The van der Waals surface area contributed by atoms with Gasteiger partial charge in [-0.15, -0.1) is 0 Å². The van der Waals surface area contributed by atoms with Gasteiger partial charge in [-0.3, -0.25) is 9.97 Å². The average molecular weight is 780 g/mol. The third-order valence-electron chi connectivity index (χ3n) is 11.7. The zero-order valence-electron chi connectivity index (χ0n) is 33.1. The van der Waals surface area contributed by atoms with Gasteiger partial charge < -0.3 is 0 Å². The number of rotatable bonds is 8. The van der Waals surface area contributed by atoms with Gasteiger partial charge in [0.25, 0.3) is 0 Å². The van der Waals surface area contributed by atoms with Gasteiger partial charge in [-0.1, -0.05) is 158 Å². The molecule has 3 aromatic heterocycles. The average Bonchev–Trinajstić information content (AvgIpc) is 3.65. The lowest BCUT2D eigenvalue weighted by Gasteiger charge is -2.34. The molecule has 11 rings (SSSR count). The molecule has 7 aromatic carbocycles. The summed E-state index contributed by atoms with van der Waals surface area (Å²) in [6.07, 6.45) is 3.69. The molecule has 1 aliphatic rings. The molecule has 0 radical (unpaired) electrons. The number of pyridine rings is 2. The molecular formula is C56H37N5. The summed E-state index contributed by atoms with van der Waals surface area (Å²) in [5.74, 6) is 1.89. The molecule has 61 heavy (non-hydrogen) atoms. The molecule has 5 nitrogen and oxygen atoms in total. The third kappa shape index (κ3) is 6.40. The van der Waals surface area contributed by atoms with Crippen molar-refractivity contribution in [2.75, 3.05) is 0 Å². The van der Waals surface area contributed by atoms with Gasteiger partial charge >= 0.3 is 0 Å². The first-order valence-corrected chi connectivity index (χ1v) is 20.5. The predicted molar refractivity (Wildman–Crippen MR) is 245 cm³/mol. The Hall–Kier alpha value is -8.15. The van der Waals surface area contributed by atoms with Crippen molar-refractivity contribution in [2.24, 2.45) is 0 Å². The molecule has 3 heterocycles. The number of benzene rings is 7. The van der Waals surface area contributed by atoms with E-state index in [2.05, 4.69) is 127 Å². The molecule has 0 bridgehead atoms. The SMILES string of the molecule is c1ccc(-c2nc(-c3ccccc3)nc(-c3ccc4c(c3)C(c3ccccc3)(c3ccccc3)c3cc(-c5cc(-c6ccccn6)cc(-c6ccccn6)c5)ccc3-4)n2)cc1. The van der Waals surface area contributed by atoms with Crippen LogP contribution in [0.4, 0.5) is 0 Å². The maximum atomic E-state index is 5.16. The standard InChI is InChI=1S/C56H37N5/c1-5-17-38(18-6-1)53-59-54(39-19-7-2-8-20-39)61-55(60-53)41-28-30-48-47-29-27-40(42-33-43(51-25-13-15-31-57-51)35-44(34-42)52-26-14-16-32-58-52)36-49(47)56(50(48)37-41,45-21-9-3-10-22-45)46-23-11-4-12-24-46/h1-37H. The molecule has 0 spiro atoms. The fourth-order valence-electron chi connectivity index (χ4n) is 8.90. The highest BCUT2D eigenvalue weighted by molar-refractivity contribution is 5.91. The predicted octanol–water partition coefficient (Wildman–Crippen LogP) is 13.0. The van der Waals surface area contributed by atoms with Crippen molar-refractivity contribution in [3.8, 4) is 78.9 Å². The lowest BCUT2D eigenvalue weighted by molar-refractivity contribution is 0.769. The van der Waals surface area contributed by atoms with Crippen LogP contribution in [-0.2, 0) is 5.41 Å². The van der Waals surface area contributed by atoms with Gasteiger partial charge in [0.1, 0.15) is 0 Å². The first kappa shape index (κ1) is 36.0. The lowest BCUT2D eigenvalue weighted by Crippen LogP contribution is -2.28. The van der Waals surface area contributed by atoms with Crippen LogP contribution >= 0.6 is 0 Å². The van der Waals surface area contributed by atoms with E-state index in [1.54, 1.807) is 0 Å². The van der Waals surface area contributed by atoms with E-state index in [9.17, 15) is 0 Å². The molecular weight excluding hydrogens is 743 g/mol. The molecule has 10 aromatic rings. The van der Waals surface area contributed by atoms with Gasteiger partial charge in [0, 0.05) is 40.2 Å². The van der Waals surface area contributed by atoms with E-state index in [1.165, 1.54) is 33.4 Å². The van der Waals surface area contributed by atoms with Crippen molar-refractivity contribution >= 4 is 0 Å². The minimum absolute atomic E-state index is 0.621. The third-order valence-corrected chi connectivity index (χ3v) is 11.7. The molecule has 5 heteroatoms. The van der Waals surface area contributed by atoms with Crippen molar-refractivity contribution in [2.45, 2.75) is 5.41 Å². The van der Waals surface area contributed by atoms with Crippen LogP contribution in [0.1, 0.15) is 22.3 Å². The second kappa shape index (κ2) is 15.2. The maximum absolute atomic E-state index is 5.16. The summed E-state index contributed by atoms with van der Waals surface area (Å²) in [7, 11) is 0. The second-order valence-corrected chi connectivity index (χ2v) is 15.3. The Morgan fingerprint density at radius 3 is 1.13 bits per heavy atom. The van der Waals surface area contributed by atoms with Crippen molar-refractivity contribution in [3.63, 3.8) is 0 Å². The molecule has 0 aliphatic heterocycles. The molecule has 0 fully saturated rings. The van der Waals surface area contributed by atoms with Crippen LogP contribution in [0.3, 0.4) is 0 Å². The van der Waals surface area contributed by atoms with Crippen molar-refractivity contribution < 1.29 is 0 Å². The Morgan fingerprint density at radius 2 is 0.672 bits per heavy atom. The number of nitrogens with zero attached hydrogens (tertiary/aromatic N) is 5. The summed E-state index contributed by atoms with van der Waals surface area (Å²) < 4.78 is 0. The Bertz CT molecular complexity index is 2820. The highest BCUT2D eigenvalue weighted by Gasteiger charge is 2.46. The molecule has 0 atom stereocenters. The number of hydrogen-bond acceptors (Lipinski definition) is 5. The Balaban J connectivity index is 1.15. The first-order valence-electron chi connectivity index (χ1n) is 20.5. The lowest BCUT2D eigenvalue weighted by atomic mass is 9.67. The van der Waals surface area contributed by atoms with Crippen LogP contribution in [0.5, 0.6) is 0 Å². The van der Waals surface area contributed by atoms with E-state index < -0.39 is 5.41 Å². The molecule has 0 saturated carbocycles. The van der Waals surface area contributed by atoms with E-state index in [-0.39, 0.29) is 0 Å². The smallest absolute Gasteiger partial charge is 0.164 e. The monoisotopic (exact) mass is 779 g/mol. The van der Waals surface area contributed by atoms with E-state index in [0.717, 1.165) is 50.3 Å². The zero-order chi connectivity index (χ0) is 40.6. The van der Waals surface area contributed by atoms with E-state index in [4.69, 9.17) is 24.9 Å². The van der Waals surface area contributed by atoms with Crippen LogP contribution in [0.2, 0.25) is 0 Å². The number of fused-ring (bicyclic) bond motifs is 3. The number of aromatic nitrogens is 5. The maximum Gasteiger partial charge on any atom is 0.164 e. The van der Waals surface area contributed by atoms with Crippen LogP contribution in [0, 0.1) is 0 Å². The largest absolute Gasteiger partial charge is 0.256 e. The summed E-state index contributed by atoms with van der Waals surface area (Å²) in [5.41, 5.74) is 15.3. The van der Waals surface area contributed by atoms with Gasteiger partial charge in [-0.2, -0.15) is 0 Å². The van der Waals surface area contributed by atoms with Crippen LogP contribution < -0.4 is 0 Å². The van der Waals surface area contributed by atoms with E-state index in [1.807, 2.05) is 97.3 Å². The van der Waals surface area contributed by atoms with E-state index >= 15 is 0 Å². The summed E-state index contributed by atoms with van der Waals surface area (Å²) >= 11 is 0. The van der Waals surface area contributed by atoms with Crippen LogP contribution in [-0.4, -0.2) is 24.9 Å². The van der Waals surface area contributed by atoms with Gasteiger partial charge in [-0.25, -0.2) is 15.0 Å². The minimum Gasteiger partial charge on any atom is -0.256 e. The summed E-state index contributed by atoms with van der Waals surface area (Å²) in [6, 6.07) is 74.6. The van der Waals surface area contributed by atoms with Crippen LogP contribution in [0.15, 0.2) is 225 Å². The molecule has 0 unspecified atom stereocenters. The fourth-order valence-corrected chi connectivity index (χ4v) is 8.90. The Kier molecular flexibility index (Phi) is 8.98.